The summed E-state index contributed by atoms with van der Waals surface area (Å²) in [6.45, 7) is 0.954. The molecule has 0 atom stereocenters. The van der Waals surface area contributed by atoms with Crippen LogP contribution in [-0.4, -0.2) is 36.1 Å². The average molecular weight is 271 g/mol. The summed E-state index contributed by atoms with van der Waals surface area (Å²) in [5.74, 6) is 0. The number of hydrogen-bond donors (Lipinski definition) is 0. The van der Waals surface area contributed by atoms with E-state index in [1.54, 1.807) is 35.4 Å². The number of sulfonamides is 1. The number of rotatable bonds is 5. The van der Waals surface area contributed by atoms with Crippen LogP contribution in [0.15, 0.2) is 40.2 Å². The zero-order valence-corrected chi connectivity index (χ0v) is 11.0. The first-order valence-electron chi connectivity index (χ1n) is 5.08. The molecule has 0 aromatic carbocycles. The summed E-state index contributed by atoms with van der Waals surface area (Å²) in [6, 6.07) is 5.16. The molecule has 0 aliphatic heterocycles. The van der Waals surface area contributed by atoms with Crippen molar-refractivity contribution in [3.63, 3.8) is 0 Å². The van der Waals surface area contributed by atoms with Crippen LogP contribution in [0.1, 0.15) is 0 Å². The highest BCUT2D eigenvalue weighted by atomic mass is 32.2. The number of nitrogens with zero attached hydrogens (tertiary/aromatic N) is 3. The van der Waals surface area contributed by atoms with Gasteiger partial charge < -0.3 is 0 Å². The fourth-order valence-electron chi connectivity index (χ4n) is 1.36. The second-order valence-corrected chi connectivity index (χ2v) is 6.75. The Morgan fingerprint density at radius 3 is 2.88 bits per heavy atom. The van der Waals surface area contributed by atoms with Gasteiger partial charge in [-0.05, 0) is 17.5 Å². The Hall–Kier alpha value is -1.18. The average Bonchev–Trinajstić information content (AvgIpc) is 2.98. The lowest BCUT2D eigenvalue weighted by molar-refractivity contribution is 0.434. The first-order valence-corrected chi connectivity index (χ1v) is 7.40. The number of hydrogen-bond acceptors (Lipinski definition) is 4. The molecule has 0 saturated carbocycles. The molecule has 2 aromatic heterocycles. The molecular weight excluding hydrogens is 258 g/mol. The second-order valence-electron chi connectivity index (χ2n) is 3.53. The number of thiophene rings is 1. The fourth-order valence-corrected chi connectivity index (χ4v) is 3.72. The standard InChI is InChI=1S/C10H13N3O2S2/c1-12(7-8-13-6-3-5-11-13)17(14,15)10-4-2-9-16-10/h2-6,9H,7-8H2,1H3. The number of aromatic nitrogens is 2. The van der Waals surface area contributed by atoms with Crippen LogP contribution in [0.2, 0.25) is 0 Å². The van der Waals surface area contributed by atoms with E-state index in [0.29, 0.717) is 17.3 Å². The largest absolute Gasteiger partial charge is 0.271 e. The van der Waals surface area contributed by atoms with Gasteiger partial charge in [-0.25, -0.2) is 8.42 Å². The highest BCUT2D eigenvalue weighted by Crippen LogP contribution is 2.19. The molecule has 0 N–H and O–H groups in total. The molecule has 0 unspecified atom stereocenters. The highest BCUT2D eigenvalue weighted by molar-refractivity contribution is 7.91. The topological polar surface area (TPSA) is 55.2 Å². The van der Waals surface area contributed by atoms with Gasteiger partial charge in [-0.1, -0.05) is 6.07 Å². The van der Waals surface area contributed by atoms with Crippen molar-refractivity contribution in [2.75, 3.05) is 13.6 Å². The summed E-state index contributed by atoms with van der Waals surface area (Å²) in [7, 11) is -1.76. The second kappa shape index (κ2) is 4.99. The fraction of sp³-hybridized carbons (Fsp3) is 0.300. The van der Waals surface area contributed by atoms with Crippen molar-refractivity contribution in [2.45, 2.75) is 10.8 Å². The summed E-state index contributed by atoms with van der Waals surface area (Å²) in [5.41, 5.74) is 0. The summed E-state index contributed by atoms with van der Waals surface area (Å²) < 4.78 is 27.6. The van der Waals surface area contributed by atoms with Crippen LogP contribution >= 0.6 is 11.3 Å². The van der Waals surface area contributed by atoms with Gasteiger partial charge in [0.2, 0.25) is 0 Å². The van der Waals surface area contributed by atoms with E-state index in [4.69, 9.17) is 0 Å². The van der Waals surface area contributed by atoms with Gasteiger partial charge in [0.15, 0.2) is 0 Å². The van der Waals surface area contributed by atoms with E-state index in [1.165, 1.54) is 15.6 Å². The normalized spacial score (nSPS) is 12.1. The van der Waals surface area contributed by atoms with Gasteiger partial charge in [0.1, 0.15) is 4.21 Å². The Labute approximate surface area is 104 Å². The third kappa shape index (κ3) is 2.74. The molecule has 2 aromatic rings. The summed E-state index contributed by atoms with van der Waals surface area (Å²) in [6.07, 6.45) is 3.49. The maximum absolute atomic E-state index is 12.1. The molecule has 0 amide bonds. The Morgan fingerprint density at radius 2 is 2.29 bits per heavy atom. The lowest BCUT2D eigenvalue weighted by atomic mass is 10.6. The molecule has 0 bridgehead atoms. The van der Waals surface area contributed by atoms with Gasteiger partial charge in [0.25, 0.3) is 10.0 Å². The Kier molecular flexibility index (Phi) is 3.60. The summed E-state index contributed by atoms with van der Waals surface area (Å²) in [5, 5.41) is 5.79. The summed E-state index contributed by atoms with van der Waals surface area (Å²) in [4.78, 5) is 0. The van der Waals surface area contributed by atoms with Crippen LogP contribution in [0.25, 0.3) is 0 Å². The Morgan fingerprint density at radius 1 is 1.47 bits per heavy atom. The molecule has 0 aliphatic carbocycles. The molecule has 0 aliphatic rings. The molecule has 0 spiro atoms. The van der Waals surface area contributed by atoms with E-state index in [2.05, 4.69) is 5.10 Å². The van der Waals surface area contributed by atoms with Gasteiger partial charge in [-0.15, -0.1) is 11.3 Å². The molecule has 2 rings (SSSR count). The Balaban J connectivity index is 2.03. The molecule has 7 heteroatoms. The SMILES string of the molecule is CN(CCn1cccn1)S(=O)(=O)c1cccs1. The van der Waals surface area contributed by atoms with Gasteiger partial charge in [0, 0.05) is 26.0 Å². The maximum Gasteiger partial charge on any atom is 0.252 e. The lowest BCUT2D eigenvalue weighted by Gasteiger charge is -2.15. The van der Waals surface area contributed by atoms with E-state index >= 15 is 0 Å². The van der Waals surface area contributed by atoms with Crippen LogP contribution in [0.5, 0.6) is 0 Å². The van der Waals surface area contributed by atoms with E-state index in [-0.39, 0.29) is 0 Å². The van der Waals surface area contributed by atoms with Gasteiger partial charge in [-0.2, -0.15) is 9.40 Å². The van der Waals surface area contributed by atoms with E-state index in [0.717, 1.165) is 0 Å². The van der Waals surface area contributed by atoms with Crippen LogP contribution in [0.4, 0.5) is 0 Å². The van der Waals surface area contributed by atoms with Gasteiger partial charge in [-0.3, -0.25) is 4.68 Å². The minimum atomic E-state index is -3.34. The van der Waals surface area contributed by atoms with Crippen molar-refractivity contribution in [2.24, 2.45) is 0 Å². The van der Waals surface area contributed by atoms with Crippen LogP contribution in [-0.2, 0) is 16.6 Å². The molecule has 0 saturated heterocycles. The molecule has 17 heavy (non-hydrogen) atoms. The molecule has 5 nitrogen and oxygen atoms in total. The predicted octanol–water partition coefficient (Wildman–Crippen LogP) is 1.27. The van der Waals surface area contributed by atoms with E-state index < -0.39 is 10.0 Å². The van der Waals surface area contributed by atoms with E-state index in [1.807, 2.05) is 12.3 Å². The Bertz CT molecular complexity index is 546. The molecule has 0 radical (unpaired) electrons. The zero-order chi connectivity index (χ0) is 12.3. The third-order valence-electron chi connectivity index (χ3n) is 2.36. The van der Waals surface area contributed by atoms with Crippen molar-refractivity contribution in [3.8, 4) is 0 Å². The zero-order valence-electron chi connectivity index (χ0n) is 9.35. The molecular formula is C10H13N3O2S2. The number of likely N-dealkylation sites (N-methyl/N-ethyl adjacent to an activating group) is 1. The molecule has 2 heterocycles. The third-order valence-corrected chi connectivity index (χ3v) is 5.59. The van der Waals surface area contributed by atoms with Crippen LogP contribution in [0.3, 0.4) is 0 Å². The van der Waals surface area contributed by atoms with Gasteiger partial charge in [0.05, 0.1) is 6.54 Å². The van der Waals surface area contributed by atoms with Crippen LogP contribution < -0.4 is 0 Å². The van der Waals surface area contributed by atoms with Crippen LogP contribution in [0, 0.1) is 0 Å². The van der Waals surface area contributed by atoms with Crippen molar-refractivity contribution in [3.05, 3.63) is 36.0 Å². The smallest absolute Gasteiger partial charge is 0.252 e. The van der Waals surface area contributed by atoms with Gasteiger partial charge >= 0.3 is 0 Å². The first kappa shape index (κ1) is 12.3. The minimum Gasteiger partial charge on any atom is -0.271 e. The van der Waals surface area contributed by atoms with E-state index in [9.17, 15) is 8.42 Å². The molecule has 0 fully saturated rings. The minimum absolute atomic E-state index is 0.375. The monoisotopic (exact) mass is 271 g/mol. The highest BCUT2D eigenvalue weighted by Gasteiger charge is 2.21. The lowest BCUT2D eigenvalue weighted by Crippen LogP contribution is -2.29. The predicted molar refractivity (Wildman–Crippen MR) is 66.4 cm³/mol. The quantitative estimate of drug-likeness (QED) is 0.823. The molecule has 92 valence electrons. The maximum atomic E-state index is 12.1. The van der Waals surface area contributed by atoms with Crippen molar-refractivity contribution in [1.82, 2.24) is 14.1 Å². The van der Waals surface area contributed by atoms with Crippen molar-refractivity contribution < 1.29 is 8.42 Å². The first-order chi connectivity index (χ1) is 8.10. The van der Waals surface area contributed by atoms with Crippen molar-refractivity contribution >= 4 is 21.4 Å². The van der Waals surface area contributed by atoms with Crippen molar-refractivity contribution in [1.29, 1.82) is 0 Å². The summed E-state index contributed by atoms with van der Waals surface area (Å²) >= 11 is 1.23.